The fourth-order valence-electron chi connectivity index (χ4n) is 2.97. The smallest absolute Gasteiger partial charge is 0.243 e. The normalized spacial score (nSPS) is 13.9. The third kappa shape index (κ3) is 21.2. The lowest BCUT2D eigenvalue weighted by atomic mass is 9.91. The highest BCUT2D eigenvalue weighted by atomic mass is 16.2. The molecule has 0 heterocycles. The van der Waals surface area contributed by atoms with Crippen LogP contribution in [0.3, 0.4) is 0 Å². The van der Waals surface area contributed by atoms with Gasteiger partial charge < -0.3 is 27.0 Å². The largest absolute Gasteiger partial charge is 0.370 e. The summed E-state index contributed by atoms with van der Waals surface area (Å²) < 4.78 is 0. The van der Waals surface area contributed by atoms with Crippen LogP contribution in [-0.2, 0) is 24.0 Å². The predicted molar refractivity (Wildman–Crippen MR) is 133 cm³/mol. The van der Waals surface area contributed by atoms with Gasteiger partial charge in [0.1, 0.15) is 6.04 Å². The van der Waals surface area contributed by atoms with Crippen molar-refractivity contribution in [3.63, 3.8) is 0 Å². The van der Waals surface area contributed by atoms with E-state index in [0.29, 0.717) is 6.42 Å². The second-order valence-corrected chi connectivity index (χ2v) is 9.37. The number of hydrogen-bond acceptors (Lipinski definition) is 5. The molecule has 5 amide bonds. The van der Waals surface area contributed by atoms with E-state index in [1.54, 1.807) is 13.8 Å². The molecule has 1 aliphatic carbocycles. The summed E-state index contributed by atoms with van der Waals surface area (Å²) in [5.41, 5.74) is 4.47. The Morgan fingerprint density at radius 1 is 0.853 bits per heavy atom. The zero-order valence-electron chi connectivity index (χ0n) is 22.1. The second kappa shape index (κ2) is 19.8. The Labute approximate surface area is 204 Å². The van der Waals surface area contributed by atoms with E-state index in [0.717, 1.165) is 5.92 Å². The fraction of sp³-hybridized carbons (Fsp3) is 0.792. The number of carbonyl (C=O) groups is 5. The molecule has 0 aromatic heterocycles. The average Bonchev–Trinajstić information content (AvgIpc) is 2.75. The fourth-order valence-corrected chi connectivity index (χ4v) is 2.97. The molecule has 10 heteroatoms. The summed E-state index contributed by atoms with van der Waals surface area (Å²) in [5.74, 6) is -0.744. The van der Waals surface area contributed by atoms with Crippen LogP contribution >= 0.6 is 0 Å². The summed E-state index contributed by atoms with van der Waals surface area (Å²) >= 11 is 0. The standard InChI is InChI=1S/C15H28N4O4.C7H14.C2H5NO/c1-9(2)6-11(19-14(22)10(3)4)15(23)18-8-13(21)17-7-12(20)16-5;1-7-5-3-2-4-6-7;1-2(3)4/h9-11H,6-8H2,1-5H3,(H,16,20)(H,17,21)(H,18,23)(H,19,22);7H,2-6H2,1H3;1H3,(H2,3,4)/t11-;;/m1../s1. The number of nitrogens with two attached hydrogens (primary N) is 1. The first-order valence-electron chi connectivity index (χ1n) is 12.1. The Balaban J connectivity index is 0. The maximum atomic E-state index is 12.2. The number of carbonyl (C=O) groups excluding carboxylic acids is 5. The van der Waals surface area contributed by atoms with Crippen LogP contribution in [0.2, 0.25) is 0 Å². The summed E-state index contributed by atoms with van der Waals surface area (Å²) in [6, 6.07) is -0.684. The Morgan fingerprint density at radius 3 is 1.74 bits per heavy atom. The van der Waals surface area contributed by atoms with Gasteiger partial charge in [0.05, 0.1) is 13.1 Å². The summed E-state index contributed by atoms with van der Waals surface area (Å²) in [5, 5.41) is 9.90. The molecule has 198 valence electrons. The van der Waals surface area contributed by atoms with E-state index in [9.17, 15) is 24.0 Å². The van der Waals surface area contributed by atoms with Gasteiger partial charge in [0.2, 0.25) is 29.5 Å². The molecule has 1 fully saturated rings. The zero-order chi connectivity index (χ0) is 26.7. The number of amides is 5. The quantitative estimate of drug-likeness (QED) is 0.332. The van der Waals surface area contributed by atoms with Gasteiger partial charge in [-0.15, -0.1) is 0 Å². The van der Waals surface area contributed by atoms with Crippen molar-refractivity contribution in [2.45, 2.75) is 86.1 Å². The molecular formula is C24H47N5O5. The number of likely N-dealkylation sites (N-methyl/N-ethyl adjacent to an activating group) is 1. The minimum atomic E-state index is -0.684. The lowest BCUT2D eigenvalue weighted by molar-refractivity contribution is -0.132. The highest BCUT2D eigenvalue weighted by molar-refractivity contribution is 5.91. The topological polar surface area (TPSA) is 159 Å². The maximum absolute atomic E-state index is 12.2. The van der Waals surface area contributed by atoms with E-state index in [1.165, 1.54) is 46.1 Å². The van der Waals surface area contributed by atoms with Crippen LogP contribution in [0.1, 0.15) is 80.1 Å². The van der Waals surface area contributed by atoms with Crippen molar-refractivity contribution >= 4 is 29.5 Å². The number of nitrogens with one attached hydrogen (secondary N) is 4. The molecule has 0 unspecified atom stereocenters. The third-order valence-electron chi connectivity index (χ3n) is 4.91. The van der Waals surface area contributed by atoms with E-state index in [4.69, 9.17) is 0 Å². The van der Waals surface area contributed by atoms with E-state index in [1.807, 2.05) is 13.8 Å². The van der Waals surface area contributed by atoms with Crippen LogP contribution in [0, 0.1) is 17.8 Å². The first-order chi connectivity index (χ1) is 15.8. The first-order valence-corrected chi connectivity index (χ1v) is 12.1. The minimum absolute atomic E-state index is 0.148. The second-order valence-electron chi connectivity index (χ2n) is 9.37. The zero-order valence-corrected chi connectivity index (χ0v) is 22.1. The van der Waals surface area contributed by atoms with Gasteiger partial charge in [0, 0.05) is 19.9 Å². The molecule has 1 rings (SSSR count). The third-order valence-corrected chi connectivity index (χ3v) is 4.91. The molecule has 0 aliphatic heterocycles. The SMILES string of the molecule is CC(N)=O.CC1CCCCC1.CNC(=O)CNC(=O)CNC(=O)[C@@H](CC(C)C)NC(=O)C(C)C. The van der Waals surface area contributed by atoms with Crippen molar-refractivity contribution in [1.82, 2.24) is 21.3 Å². The molecule has 0 saturated heterocycles. The molecule has 6 N–H and O–H groups in total. The molecule has 1 aliphatic rings. The molecule has 1 saturated carbocycles. The van der Waals surface area contributed by atoms with Crippen molar-refractivity contribution in [1.29, 1.82) is 0 Å². The van der Waals surface area contributed by atoms with Gasteiger partial charge in [-0.25, -0.2) is 0 Å². The Morgan fingerprint density at radius 2 is 1.35 bits per heavy atom. The van der Waals surface area contributed by atoms with E-state index in [-0.39, 0.29) is 42.6 Å². The molecule has 0 aromatic rings. The van der Waals surface area contributed by atoms with Gasteiger partial charge in [0.15, 0.2) is 0 Å². The van der Waals surface area contributed by atoms with Gasteiger partial charge >= 0.3 is 0 Å². The number of hydrogen-bond donors (Lipinski definition) is 5. The van der Waals surface area contributed by atoms with Gasteiger partial charge in [-0.3, -0.25) is 24.0 Å². The van der Waals surface area contributed by atoms with Crippen molar-refractivity contribution in [3.05, 3.63) is 0 Å². The minimum Gasteiger partial charge on any atom is -0.370 e. The molecule has 10 nitrogen and oxygen atoms in total. The van der Waals surface area contributed by atoms with Crippen molar-refractivity contribution in [3.8, 4) is 0 Å². The van der Waals surface area contributed by atoms with E-state index in [2.05, 4.69) is 33.9 Å². The molecule has 0 spiro atoms. The molecule has 34 heavy (non-hydrogen) atoms. The summed E-state index contributed by atoms with van der Waals surface area (Å²) in [6.07, 6.45) is 7.91. The summed E-state index contributed by atoms with van der Waals surface area (Å²) in [6.45, 7) is 10.6. The van der Waals surface area contributed by atoms with Gasteiger partial charge in [-0.2, -0.15) is 0 Å². The summed E-state index contributed by atoms with van der Waals surface area (Å²) in [7, 11) is 1.46. The maximum Gasteiger partial charge on any atom is 0.243 e. The lowest BCUT2D eigenvalue weighted by Gasteiger charge is -2.21. The average molecular weight is 486 g/mol. The summed E-state index contributed by atoms with van der Waals surface area (Å²) in [4.78, 5) is 55.7. The van der Waals surface area contributed by atoms with Crippen LogP contribution in [-0.4, -0.2) is 55.7 Å². The Hall–Kier alpha value is -2.65. The van der Waals surface area contributed by atoms with Crippen LogP contribution in [0.15, 0.2) is 0 Å². The van der Waals surface area contributed by atoms with Gasteiger partial charge in [-0.05, 0) is 18.3 Å². The van der Waals surface area contributed by atoms with Crippen LogP contribution in [0.4, 0.5) is 0 Å². The van der Waals surface area contributed by atoms with Crippen LogP contribution in [0.5, 0.6) is 0 Å². The van der Waals surface area contributed by atoms with Crippen molar-refractivity contribution in [2.75, 3.05) is 20.1 Å². The highest BCUT2D eigenvalue weighted by Crippen LogP contribution is 2.22. The Kier molecular flexibility index (Phi) is 19.5. The number of primary amides is 1. The van der Waals surface area contributed by atoms with E-state index < -0.39 is 17.9 Å². The van der Waals surface area contributed by atoms with Crippen LogP contribution in [0.25, 0.3) is 0 Å². The molecule has 1 atom stereocenters. The lowest BCUT2D eigenvalue weighted by Crippen LogP contribution is -2.50. The van der Waals surface area contributed by atoms with Gasteiger partial charge in [0.25, 0.3) is 0 Å². The van der Waals surface area contributed by atoms with Crippen LogP contribution < -0.4 is 27.0 Å². The van der Waals surface area contributed by atoms with Crippen molar-refractivity contribution in [2.24, 2.45) is 23.5 Å². The first kappa shape index (κ1) is 33.5. The monoisotopic (exact) mass is 485 g/mol. The highest BCUT2D eigenvalue weighted by Gasteiger charge is 2.23. The number of rotatable bonds is 9. The van der Waals surface area contributed by atoms with Gasteiger partial charge in [-0.1, -0.05) is 66.7 Å². The molecule has 0 bridgehead atoms. The van der Waals surface area contributed by atoms with Crippen molar-refractivity contribution < 1.29 is 24.0 Å². The Bertz CT molecular complexity index is 627. The predicted octanol–water partition coefficient (Wildman–Crippen LogP) is 1.23. The van der Waals surface area contributed by atoms with E-state index >= 15 is 0 Å². The molecule has 0 radical (unpaired) electrons. The molecular weight excluding hydrogens is 438 g/mol. The molecule has 0 aromatic carbocycles.